The SMILES string of the molecule is F[P-](F)(F)(F)(F)F.[O-][P+]1=C2CCN([P+](Br)(N3CCCC3)N3CCCC3)C21Br. The van der Waals surface area contributed by atoms with E-state index in [1.807, 2.05) is 0 Å². The molecule has 15 heteroatoms. The number of nitrogens with zero attached hydrogens (tertiary/aromatic N) is 3. The van der Waals surface area contributed by atoms with Gasteiger partial charge >= 0.3 is 43.6 Å². The molecule has 4 aliphatic rings. The van der Waals surface area contributed by atoms with E-state index in [-0.39, 0.29) is 4.19 Å². The molecule has 27 heavy (non-hydrogen) atoms. The van der Waals surface area contributed by atoms with Crippen molar-refractivity contribution in [1.29, 1.82) is 0 Å². The minimum atomic E-state index is -10.7. The molecule has 0 aromatic rings. The Morgan fingerprint density at radius 3 is 1.56 bits per heavy atom. The average Bonchev–Trinajstić information content (AvgIpc) is 3.11. The van der Waals surface area contributed by atoms with Crippen molar-refractivity contribution in [2.24, 2.45) is 0 Å². The van der Waals surface area contributed by atoms with E-state index in [1.165, 1.54) is 57.2 Å². The van der Waals surface area contributed by atoms with Gasteiger partial charge in [-0.05, 0) is 25.7 Å². The third-order valence-electron chi connectivity index (χ3n) is 4.93. The van der Waals surface area contributed by atoms with E-state index >= 15 is 0 Å². The molecule has 0 saturated carbocycles. The second-order valence-electron chi connectivity index (χ2n) is 6.98. The third-order valence-corrected chi connectivity index (χ3v) is 16.6. The van der Waals surface area contributed by atoms with E-state index in [2.05, 4.69) is 45.4 Å². The summed E-state index contributed by atoms with van der Waals surface area (Å²) in [4.78, 5) is 12.3. The molecule has 0 aromatic carbocycles. The third kappa shape index (κ3) is 5.19. The van der Waals surface area contributed by atoms with Crippen molar-refractivity contribution in [2.45, 2.75) is 36.3 Å². The van der Waals surface area contributed by atoms with Crippen molar-refractivity contribution in [3.05, 3.63) is 0 Å². The maximum atomic E-state index is 12.3. The van der Waals surface area contributed by atoms with E-state index in [9.17, 15) is 30.1 Å². The van der Waals surface area contributed by atoms with E-state index in [4.69, 9.17) is 0 Å². The second-order valence-corrected chi connectivity index (χ2v) is 17.9. The first-order chi connectivity index (χ1) is 12.0. The minimum Gasteiger partial charge on any atom is -0.628 e. The van der Waals surface area contributed by atoms with Gasteiger partial charge < -0.3 is 4.89 Å². The fraction of sp³-hybridized carbons (Fsp3) is 0.917. The molecule has 0 N–H and O–H groups in total. The van der Waals surface area contributed by atoms with Crippen molar-refractivity contribution in [3.63, 3.8) is 0 Å². The molecular formula is C12H20Br2F6N3OP3. The first-order valence-electron chi connectivity index (χ1n) is 8.51. The number of hydrogen-bond donors (Lipinski definition) is 0. The zero-order chi connectivity index (χ0) is 20.4. The summed E-state index contributed by atoms with van der Waals surface area (Å²) in [7, 11) is -11.8. The van der Waals surface area contributed by atoms with Crippen molar-refractivity contribution >= 4 is 58.7 Å². The van der Waals surface area contributed by atoms with Crippen molar-refractivity contribution in [1.82, 2.24) is 14.0 Å². The number of rotatable bonds is 3. The Hall–Kier alpha value is 1.41. The van der Waals surface area contributed by atoms with Gasteiger partial charge in [0.15, 0.2) is 5.29 Å². The maximum Gasteiger partial charge on any atom is 0.321 e. The molecule has 3 fully saturated rings. The fourth-order valence-electron chi connectivity index (χ4n) is 3.81. The quantitative estimate of drug-likeness (QED) is 0.167. The average molecular weight is 589 g/mol. The summed E-state index contributed by atoms with van der Waals surface area (Å²) >= 11 is 8.04. The molecule has 4 heterocycles. The van der Waals surface area contributed by atoms with Gasteiger partial charge in [0, 0.05) is 48.5 Å². The molecular weight excluding hydrogens is 569 g/mol. The summed E-state index contributed by atoms with van der Waals surface area (Å²) in [5, 5.41) is 1.25. The van der Waals surface area contributed by atoms with Crippen LogP contribution in [-0.2, 0) is 0 Å². The largest absolute Gasteiger partial charge is 0.628 e. The van der Waals surface area contributed by atoms with Crippen LogP contribution in [0.1, 0.15) is 32.1 Å². The van der Waals surface area contributed by atoms with Crippen LogP contribution in [0, 0.1) is 0 Å². The van der Waals surface area contributed by atoms with Gasteiger partial charge in [-0.25, -0.2) is 0 Å². The van der Waals surface area contributed by atoms with Gasteiger partial charge in [0.05, 0.1) is 6.54 Å². The topological polar surface area (TPSA) is 32.8 Å². The first-order valence-corrected chi connectivity index (χ1v) is 16.3. The molecule has 2 unspecified atom stereocenters. The van der Waals surface area contributed by atoms with Gasteiger partial charge in [0.2, 0.25) is 15.5 Å². The van der Waals surface area contributed by atoms with Gasteiger partial charge in [-0.1, -0.05) is 4.67 Å². The summed E-state index contributed by atoms with van der Waals surface area (Å²) in [5.74, 6) is 0. The van der Waals surface area contributed by atoms with Gasteiger partial charge in [-0.15, -0.1) is 9.34 Å². The summed E-state index contributed by atoms with van der Waals surface area (Å²) in [6, 6.07) is 0. The normalized spacial score (nSPS) is 34.1. The molecule has 0 radical (unpaired) electrons. The zero-order valence-corrected chi connectivity index (χ0v) is 20.0. The Morgan fingerprint density at radius 2 is 1.26 bits per heavy atom. The predicted molar refractivity (Wildman–Crippen MR) is 106 cm³/mol. The van der Waals surface area contributed by atoms with Crippen LogP contribution in [-0.4, -0.2) is 56.2 Å². The Bertz CT molecular complexity index is 627. The van der Waals surface area contributed by atoms with E-state index in [0.717, 1.165) is 13.0 Å². The van der Waals surface area contributed by atoms with Crippen LogP contribution >= 0.6 is 53.4 Å². The number of fused-ring (bicyclic) bond motifs is 1. The molecule has 0 aromatic heterocycles. The summed E-state index contributed by atoms with van der Waals surface area (Å²) < 4.78 is 66.8. The molecule has 4 nitrogen and oxygen atoms in total. The van der Waals surface area contributed by atoms with Gasteiger partial charge in [0.25, 0.3) is 0 Å². The molecule has 160 valence electrons. The molecule has 0 spiro atoms. The zero-order valence-electron chi connectivity index (χ0n) is 14.2. The molecule has 2 atom stereocenters. The van der Waals surface area contributed by atoms with Crippen LogP contribution in [0.4, 0.5) is 25.2 Å². The van der Waals surface area contributed by atoms with Crippen LogP contribution < -0.4 is 4.89 Å². The number of halogens is 8. The molecule has 0 amide bonds. The first kappa shape index (κ1) is 23.1. The Morgan fingerprint density at radius 1 is 0.889 bits per heavy atom. The smallest absolute Gasteiger partial charge is 0.321 e. The van der Waals surface area contributed by atoms with Crippen LogP contribution in [0.2, 0.25) is 0 Å². The Balaban J connectivity index is 0.000000260. The number of alkyl halides is 1. The molecule has 0 aliphatic carbocycles. The maximum absolute atomic E-state index is 12.3. The summed E-state index contributed by atoms with van der Waals surface area (Å²) in [6.07, 6.45) is 4.54. The van der Waals surface area contributed by atoms with Gasteiger partial charge in [0.1, 0.15) is 7.77 Å². The molecule has 0 bridgehead atoms. The van der Waals surface area contributed by atoms with Crippen LogP contribution in [0.3, 0.4) is 0 Å². The second kappa shape index (κ2) is 6.70. The standard InChI is InChI=1S/C12H20Br2N3OP2.F6P/c13-12-11(19(12)18)5-10-17(12)20(14,15-6-1-2-7-15)16-8-3-4-9-16;1-7(2,3,4,5)6/h1-10H2;/q+1;-1. The molecule has 4 rings (SSSR count). The van der Waals surface area contributed by atoms with Crippen molar-refractivity contribution < 1.29 is 30.1 Å². The Labute approximate surface area is 171 Å². The van der Waals surface area contributed by atoms with Crippen molar-refractivity contribution in [2.75, 3.05) is 32.7 Å². The minimum absolute atomic E-state index is 0.273. The van der Waals surface area contributed by atoms with Gasteiger partial charge in [-0.3, -0.25) is 0 Å². The number of hydrogen-bond acceptors (Lipinski definition) is 4. The Kier molecular flexibility index (Phi) is 5.73. The van der Waals surface area contributed by atoms with E-state index in [0.29, 0.717) is 0 Å². The monoisotopic (exact) mass is 587 g/mol. The fourth-order valence-corrected chi connectivity index (χ4v) is 15.3. The molecule has 4 aliphatic heterocycles. The van der Waals surface area contributed by atoms with E-state index < -0.39 is 22.0 Å². The van der Waals surface area contributed by atoms with Crippen LogP contribution in [0.15, 0.2) is 0 Å². The molecule has 3 saturated heterocycles. The predicted octanol–water partition coefficient (Wildman–Crippen LogP) is 6.33. The summed E-state index contributed by atoms with van der Waals surface area (Å²) in [6.45, 7) is 5.78. The summed E-state index contributed by atoms with van der Waals surface area (Å²) in [5.41, 5.74) is 0. The van der Waals surface area contributed by atoms with E-state index in [1.54, 1.807) is 0 Å². The van der Waals surface area contributed by atoms with Crippen LogP contribution in [0.25, 0.3) is 0 Å². The van der Waals surface area contributed by atoms with Crippen LogP contribution in [0.5, 0.6) is 0 Å². The van der Waals surface area contributed by atoms with Crippen molar-refractivity contribution in [3.8, 4) is 0 Å². The van der Waals surface area contributed by atoms with Gasteiger partial charge in [-0.2, -0.15) is 0 Å².